The Bertz CT molecular complexity index is 987. The zero-order valence-corrected chi connectivity index (χ0v) is 27.9. The van der Waals surface area contributed by atoms with E-state index >= 15 is 0 Å². The van der Waals surface area contributed by atoms with Gasteiger partial charge in [-0.15, -0.1) is 0 Å². The molecule has 0 aliphatic heterocycles. The number of nitrogens with one attached hydrogen (secondary N) is 2. The Hall–Kier alpha value is -3.10. The quantitative estimate of drug-likeness (QED) is 0.138. The average Bonchev–Trinajstić information content (AvgIpc) is 2.92. The molecule has 1 aromatic carbocycles. The molecule has 2 unspecified atom stereocenters. The summed E-state index contributed by atoms with van der Waals surface area (Å²) >= 11 is 0. The van der Waals surface area contributed by atoms with Gasteiger partial charge in [0.05, 0.1) is 13.0 Å². The van der Waals surface area contributed by atoms with Crippen molar-refractivity contribution in [1.82, 2.24) is 15.5 Å². The summed E-state index contributed by atoms with van der Waals surface area (Å²) in [5, 5.41) is 5.65. The molecular weight excluding hydrogens is 546 g/mol. The number of amides is 3. The largest absolute Gasteiger partial charge is 0.466 e. The lowest BCUT2D eigenvalue weighted by atomic mass is 9.97. The van der Waals surface area contributed by atoms with Gasteiger partial charge in [-0.3, -0.25) is 14.4 Å². The Kier molecular flexibility index (Phi) is 17.6. The fourth-order valence-corrected chi connectivity index (χ4v) is 4.80. The maximum Gasteiger partial charge on any atom is 0.408 e. The SMILES string of the molecule is CCCCCCCCN(C(=O)C(CC(C)C)NC(=O)OC(C)(C)C)C(C(=O)NCCC(=O)OCC)c1ccc(CC)cc1. The molecule has 1 aromatic rings. The van der Waals surface area contributed by atoms with E-state index < -0.39 is 29.7 Å². The number of nitrogens with zero attached hydrogens (tertiary/aromatic N) is 1. The molecule has 43 heavy (non-hydrogen) atoms. The van der Waals surface area contributed by atoms with Crippen molar-refractivity contribution in [2.75, 3.05) is 19.7 Å². The molecule has 0 saturated heterocycles. The minimum absolute atomic E-state index is 0.0304. The molecule has 244 valence electrons. The molecule has 9 heteroatoms. The van der Waals surface area contributed by atoms with Crippen LogP contribution in [0.2, 0.25) is 0 Å². The number of hydrogen-bond donors (Lipinski definition) is 2. The van der Waals surface area contributed by atoms with Gasteiger partial charge in [0, 0.05) is 13.1 Å². The highest BCUT2D eigenvalue weighted by Crippen LogP contribution is 2.26. The maximum absolute atomic E-state index is 14.4. The van der Waals surface area contributed by atoms with Gasteiger partial charge in [0.25, 0.3) is 0 Å². The van der Waals surface area contributed by atoms with Gasteiger partial charge in [-0.2, -0.15) is 0 Å². The molecule has 0 radical (unpaired) electrons. The molecule has 0 saturated carbocycles. The molecule has 3 amide bonds. The molecule has 0 bridgehead atoms. The first kappa shape index (κ1) is 37.9. The van der Waals surface area contributed by atoms with Crippen LogP contribution in [0, 0.1) is 5.92 Å². The summed E-state index contributed by atoms with van der Waals surface area (Å²) in [4.78, 5) is 54.5. The van der Waals surface area contributed by atoms with Crippen molar-refractivity contribution >= 4 is 23.9 Å². The summed E-state index contributed by atoms with van der Waals surface area (Å²) in [6, 6.07) is 5.88. The van der Waals surface area contributed by atoms with Crippen molar-refractivity contribution in [2.24, 2.45) is 5.92 Å². The van der Waals surface area contributed by atoms with Crippen LogP contribution >= 0.6 is 0 Å². The van der Waals surface area contributed by atoms with Gasteiger partial charge >= 0.3 is 12.1 Å². The van der Waals surface area contributed by atoms with Crippen molar-refractivity contribution < 1.29 is 28.7 Å². The smallest absolute Gasteiger partial charge is 0.408 e. The standard InChI is InChI=1S/C34H57N3O6/c1-9-12-13-14-15-16-23-37(32(40)28(24-25(4)5)36-33(41)43-34(6,7)8)30(27-19-17-26(10-2)18-20-27)31(39)35-22-21-29(38)42-11-3/h17-20,25,28,30H,9-16,21-24H2,1-8H3,(H,35,39)(H,36,41). The van der Waals surface area contributed by atoms with E-state index in [0.717, 1.165) is 50.5 Å². The molecule has 2 atom stereocenters. The second-order valence-corrected chi connectivity index (χ2v) is 12.5. The molecule has 0 heterocycles. The third kappa shape index (κ3) is 15.3. The van der Waals surface area contributed by atoms with Crippen LogP contribution in [0.3, 0.4) is 0 Å². The van der Waals surface area contributed by atoms with Gasteiger partial charge in [0.2, 0.25) is 11.8 Å². The highest BCUT2D eigenvalue weighted by atomic mass is 16.6. The third-order valence-corrected chi connectivity index (χ3v) is 6.93. The molecular formula is C34H57N3O6. The van der Waals surface area contributed by atoms with Crippen LogP contribution in [-0.2, 0) is 30.3 Å². The molecule has 0 aromatic heterocycles. The lowest BCUT2D eigenvalue weighted by Crippen LogP contribution is -2.53. The minimum Gasteiger partial charge on any atom is -0.466 e. The number of alkyl carbamates (subject to hydrolysis) is 1. The van der Waals surface area contributed by atoms with Crippen LogP contribution in [0.4, 0.5) is 4.79 Å². The predicted octanol–water partition coefficient (Wildman–Crippen LogP) is 6.49. The Morgan fingerprint density at radius 3 is 2.09 bits per heavy atom. The number of ether oxygens (including phenoxy) is 2. The monoisotopic (exact) mass is 603 g/mol. The summed E-state index contributed by atoms with van der Waals surface area (Å²) in [6.45, 7) is 15.9. The molecule has 0 aliphatic carbocycles. The van der Waals surface area contributed by atoms with Crippen molar-refractivity contribution in [3.8, 4) is 0 Å². The second-order valence-electron chi connectivity index (χ2n) is 12.5. The molecule has 0 fully saturated rings. The van der Waals surface area contributed by atoms with Crippen LogP contribution in [0.25, 0.3) is 0 Å². The number of hydrogen-bond acceptors (Lipinski definition) is 6. The number of unbranched alkanes of at least 4 members (excludes halogenated alkanes) is 5. The first-order valence-electron chi connectivity index (χ1n) is 16.1. The summed E-state index contributed by atoms with van der Waals surface area (Å²) < 4.78 is 10.5. The number of carbonyl (C=O) groups is 4. The predicted molar refractivity (Wildman–Crippen MR) is 171 cm³/mol. The number of rotatable bonds is 19. The van der Waals surface area contributed by atoms with Gasteiger partial charge < -0.3 is 25.0 Å². The first-order valence-corrected chi connectivity index (χ1v) is 16.1. The highest BCUT2D eigenvalue weighted by Gasteiger charge is 2.36. The Morgan fingerprint density at radius 1 is 0.907 bits per heavy atom. The van der Waals surface area contributed by atoms with E-state index in [-0.39, 0.29) is 37.3 Å². The molecule has 0 spiro atoms. The molecule has 9 nitrogen and oxygen atoms in total. The van der Waals surface area contributed by atoms with Crippen LogP contribution in [0.5, 0.6) is 0 Å². The molecule has 2 N–H and O–H groups in total. The van der Waals surface area contributed by atoms with Crippen LogP contribution in [0.1, 0.15) is 124 Å². The van der Waals surface area contributed by atoms with E-state index in [1.165, 1.54) is 0 Å². The van der Waals surface area contributed by atoms with Gasteiger partial charge in [0.1, 0.15) is 17.7 Å². The zero-order chi connectivity index (χ0) is 32.4. The highest BCUT2D eigenvalue weighted by molar-refractivity contribution is 5.92. The fourth-order valence-electron chi connectivity index (χ4n) is 4.80. The molecule has 0 aliphatic rings. The Labute approximate surface area is 259 Å². The number of aryl methyl sites for hydroxylation is 1. The third-order valence-electron chi connectivity index (χ3n) is 6.93. The summed E-state index contributed by atoms with van der Waals surface area (Å²) in [7, 11) is 0. The van der Waals surface area contributed by atoms with Crippen LogP contribution in [0.15, 0.2) is 24.3 Å². The fraction of sp³-hybridized carbons (Fsp3) is 0.706. The van der Waals surface area contributed by atoms with Gasteiger partial charge in [-0.05, 0) is 64.0 Å². The van der Waals surface area contributed by atoms with Gasteiger partial charge in [-0.1, -0.05) is 84.1 Å². The Balaban J connectivity index is 3.45. The van der Waals surface area contributed by atoms with Crippen molar-refractivity contribution in [3.63, 3.8) is 0 Å². The summed E-state index contributed by atoms with van der Waals surface area (Å²) in [6.07, 6.45) is 6.69. The second kappa shape index (κ2) is 20.0. The topological polar surface area (TPSA) is 114 Å². The van der Waals surface area contributed by atoms with E-state index in [2.05, 4.69) is 24.5 Å². The Morgan fingerprint density at radius 2 is 1.53 bits per heavy atom. The van der Waals surface area contributed by atoms with Crippen molar-refractivity contribution in [2.45, 2.75) is 131 Å². The van der Waals surface area contributed by atoms with Crippen LogP contribution < -0.4 is 10.6 Å². The van der Waals surface area contributed by atoms with E-state index in [1.54, 1.807) is 32.6 Å². The number of esters is 1. The van der Waals surface area contributed by atoms with E-state index in [9.17, 15) is 19.2 Å². The number of benzene rings is 1. The van der Waals surface area contributed by atoms with Gasteiger partial charge in [-0.25, -0.2) is 4.79 Å². The summed E-state index contributed by atoms with van der Waals surface area (Å²) in [5.41, 5.74) is 1.06. The summed E-state index contributed by atoms with van der Waals surface area (Å²) in [5.74, 6) is -1.02. The minimum atomic E-state index is -0.939. The zero-order valence-electron chi connectivity index (χ0n) is 27.9. The normalized spacial score (nSPS) is 12.8. The van der Waals surface area contributed by atoms with Crippen molar-refractivity contribution in [1.29, 1.82) is 0 Å². The van der Waals surface area contributed by atoms with Gasteiger partial charge in [0.15, 0.2) is 0 Å². The maximum atomic E-state index is 14.4. The lowest BCUT2D eigenvalue weighted by molar-refractivity contribution is -0.144. The first-order chi connectivity index (χ1) is 20.3. The van der Waals surface area contributed by atoms with E-state index in [4.69, 9.17) is 9.47 Å². The average molecular weight is 604 g/mol. The van der Waals surface area contributed by atoms with Crippen LogP contribution in [-0.4, -0.2) is 60.1 Å². The molecule has 1 rings (SSSR count). The van der Waals surface area contributed by atoms with E-state index in [0.29, 0.717) is 18.5 Å². The lowest BCUT2D eigenvalue weighted by Gasteiger charge is -2.35. The van der Waals surface area contributed by atoms with E-state index in [1.807, 2.05) is 38.1 Å². The number of carbonyl (C=O) groups excluding carboxylic acids is 4. The van der Waals surface area contributed by atoms with Crippen molar-refractivity contribution in [3.05, 3.63) is 35.4 Å².